The summed E-state index contributed by atoms with van der Waals surface area (Å²) in [5.41, 5.74) is 1.46. The van der Waals surface area contributed by atoms with Gasteiger partial charge in [-0.2, -0.15) is 0 Å². The molecular weight excluding hydrogens is 380 g/mol. The molecule has 1 aliphatic carbocycles. The minimum absolute atomic E-state index is 0.120. The summed E-state index contributed by atoms with van der Waals surface area (Å²) in [6.45, 7) is 0. The summed E-state index contributed by atoms with van der Waals surface area (Å²) in [6.07, 6.45) is 2.06. The van der Waals surface area contributed by atoms with E-state index < -0.39 is 0 Å². The fourth-order valence-corrected chi connectivity index (χ4v) is 2.87. The van der Waals surface area contributed by atoms with Gasteiger partial charge in [0.05, 0.1) is 10.6 Å². The number of halogens is 2. The summed E-state index contributed by atoms with van der Waals surface area (Å²) in [7, 11) is 0. The smallest absolute Gasteiger partial charge is 0.257 e. The van der Waals surface area contributed by atoms with Gasteiger partial charge in [0.25, 0.3) is 11.8 Å². The predicted molar refractivity (Wildman–Crippen MR) is 94.0 cm³/mol. The molecule has 118 valence electrons. The van der Waals surface area contributed by atoms with Crippen molar-refractivity contribution in [1.82, 2.24) is 5.32 Å². The quantitative estimate of drug-likeness (QED) is 0.816. The molecular formula is C17H14BrClN2O2. The predicted octanol–water partition coefficient (Wildman–Crippen LogP) is 4.25. The first-order valence-corrected chi connectivity index (χ1v) is 8.37. The molecule has 2 amide bonds. The zero-order valence-electron chi connectivity index (χ0n) is 12.1. The number of anilines is 1. The van der Waals surface area contributed by atoms with Crippen molar-refractivity contribution < 1.29 is 9.59 Å². The highest BCUT2D eigenvalue weighted by atomic mass is 79.9. The van der Waals surface area contributed by atoms with Crippen LogP contribution in [0.15, 0.2) is 46.9 Å². The van der Waals surface area contributed by atoms with E-state index >= 15 is 0 Å². The lowest BCUT2D eigenvalue weighted by Gasteiger charge is -2.09. The van der Waals surface area contributed by atoms with Crippen LogP contribution in [-0.4, -0.2) is 17.9 Å². The van der Waals surface area contributed by atoms with E-state index in [1.807, 2.05) is 0 Å². The zero-order chi connectivity index (χ0) is 16.4. The van der Waals surface area contributed by atoms with Gasteiger partial charge in [0.2, 0.25) is 0 Å². The highest BCUT2D eigenvalue weighted by Crippen LogP contribution is 2.23. The molecule has 2 aromatic rings. The van der Waals surface area contributed by atoms with Crippen molar-refractivity contribution in [2.45, 2.75) is 18.9 Å². The third kappa shape index (κ3) is 4.12. The fourth-order valence-electron chi connectivity index (χ4n) is 2.11. The second-order valence-electron chi connectivity index (χ2n) is 5.41. The van der Waals surface area contributed by atoms with Gasteiger partial charge in [0.15, 0.2) is 0 Å². The lowest BCUT2D eigenvalue weighted by molar-refractivity contribution is 0.0949. The Kier molecular flexibility index (Phi) is 4.68. The average Bonchev–Trinajstić information content (AvgIpc) is 3.31. The monoisotopic (exact) mass is 392 g/mol. The number of carbonyl (C=O) groups excluding carboxylic acids is 2. The summed E-state index contributed by atoms with van der Waals surface area (Å²) in [5.74, 6) is -0.437. The van der Waals surface area contributed by atoms with Crippen LogP contribution in [0.4, 0.5) is 5.69 Å². The average molecular weight is 394 g/mol. The summed E-state index contributed by atoms with van der Waals surface area (Å²) < 4.78 is 0.804. The van der Waals surface area contributed by atoms with Gasteiger partial charge in [-0.3, -0.25) is 9.59 Å². The van der Waals surface area contributed by atoms with Crippen LogP contribution in [-0.2, 0) is 0 Å². The van der Waals surface area contributed by atoms with Crippen LogP contribution in [0.3, 0.4) is 0 Å². The molecule has 0 heterocycles. The molecule has 23 heavy (non-hydrogen) atoms. The minimum atomic E-state index is -0.317. The zero-order valence-corrected chi connectivity index (χ0v) is 14.4. The molecule has 0 spiro atoms. The molecule has 1 saturated carbocycles. The van der Waals surface area contributed by atoms with Gasteiger partial charge >= 0.3 is 0 Å². The third-order valence-electron chi connectivity index (χ3n) is 3.47. The molecule has 3 rings (SSSR count). The van der Waals surface area contributed by atoms with E-state index in [2.05, 4.69) is 26.6 Å². The summed E-state index contributed by atoms with van der Waals surface area (Å²) >= 11 is 9.38. The van der Waals surface area contributed by atoms with Gasteiger partial charge < -0.3 is 10.6 Å². The van der Waals surface area contributed by atoms with Gasteiger partial charge in [0, 0.05) is 21.8 Å². The number of carbonyl (C=O) groups is 2. The summed E-state index contributed by atoms with van der Waals surface area (Å²) in [4.78, 5) is 24.3. The van der Waals surface area contributed by atoms with Crippen LogP contribution in [0.2, 0.25) is 5.02 Å². The molecule has 2 N–H and O–H groups in total. The van der Waals surface area contributed by atoms with Crippen LogP contribution in [0.25, 0.3) is 0 Å². The Labute approximate surface area is 147 Å². The van der Waals surface area contributed by atoms with E-state index in [1.54, 1.807) is 42.5 Å². The maximum Gasteiger partial charge on any atom is 0.257 e. The molecule has 0 unspecified atom stereocenters. The minimum Gasteiger partial charge on any atom is -0.349 e. The molecule has 0 saturated heterocycles. The molecule has 1 fully saturated rings. The first kappa shape index (κ1) is 16.0. The second-order valence-corrected chi connectivity index (χ2v) is 6.73. The van der Waals surface area contributed by atoms with Crippen LogP contribution < -0.4 is 10.6 Å². The van der Waals surface area contributed by atoms with Gasteiger partial charge in [0.1, 0.15) is 0 Å². The first-order valence-electron chi connectivity index (χ1n) is 7.20. The van der Waals surface area contributed by atoms with Gasteiger partial charge in [-0.15, -0.1) is 0 Å². The highest BCUT2D eigenvalue weighted by Gasteiger charge is 2.23. The number of benzene rings is 2. The largest absolute Gasteiger partial charge is 0.349 e. The Morgan fingerprint density at radius 2 is 1.87 bits per heavy atom. The van der Waals surface area contributed by atoms with Crippen molar-refractivity contribution >= 4 is 45.0 Å². The Morgan fingerprint density at radius 1 is 1.09 bits per heavy atom. The van der Waals surface area contributed by atoms with Crippen molar-refractivity contribution in [3.63, 3.8) is 0 Å². The van der Waals surface area contributed by atoms with Gasteiger partial charge in [-0.1, -0.05) is 33.6 Å². The molecule has 1 aliphatic rings. The Morgan fingerprint density at radius 3 is 2.57 bits per heavy atom. The lowest BCUT2D eigenvalue weighted by Crippen LogP contribution is -2.25. The van der Waals surface area contributed by atoms with Crippen molar-refractivity contribution in [2.75, 3.05) is 5.32 Å². The Bertz CT molecular complexity index is 775. The number of nitrogens with one attached hydrogen (secondary N) is 2. The number of hydrogen-bond donors (Lipinski definition) is 2. The van der Waals surface area contributed by atoms with Crippen molar-refractivity contribution in [3.8, 4) is 0 Å². The first-order chi connectivity index (χ1) is 11.0. The van der Waals surface area contributed by atoms with Gasteiger partial charge in [-0.25, -0.2) is 0 Å². The normalized spacial score (nSPS) is 13.5. The van der Waals surface area contributed by atoms with Crippen molar-refractivity contribution in [2.24, 2.45) is 0 Å². The number of amides is 2. The highest BCUT2D eigenvalue weighted by molar-refractivity contribution is 9.10. The van der Waals surface area contributed by atoms with E-state index in [0.29, 0.717) is 27.9 Å². The number of hydrogen-bond acceptors (Lipinski definition) is 2. The third-order valence-corrected chi connectivity index (χ3v) is 4.28. The van der Waals surface area contributed by atoms with E-state index in [-0.39, 0.29) is 11.8 Å². The Hall–Kier alpha value is -1.85. The Balaban J connectivity index is 1.74. The summed E-state index contributed by atoms with van der Waals surface area (Å²) in [6, 6.07) is 12.2. The fraction of sp³-hybridized carbons (Fsp3) is 0.176. The molecule has 0 atom stereocenters. The van der Waals surface area contributed by atoms with E-state index in [9.17, 15) is 9.59 Å². The van der Waals surface area contributed by atoms with Crippen LogP contribution in [0.5, 0.6) is 0 Å². The molecule has 6 heteroatoms. The number of rotatable bonds is 4. The van der Waals surface area contributed by atoms with E-state index in [1.165, 1.54) is 0 Å². The molecule has 4 nitrogen and oxygen atoms in total. The molecule has 0 bridgehead atoms. The molecule has 0 aromatic heterocycles. The lowest BCUT2D eigenvalue weighted by atomic mass is 10.1. The van der Waals surface area contributed by atoms with Crippen molar-refractivity contribution in [3.05, 3.63) is 63.1 Å². The maximum absolute atomic E-state index is 12.3. The maximum atomic E-state index is 12.3. The van der Waals surface area contributed by atoms with E-state index in [4.69, 9.17) is 11.6 Å². The van der Waals surface area contributed by atoms with Crippen LogP contribution in [0, 0.1) is 0 Å². The summed E-state index contributed by atoms with van der Waals surface area (Å²) in [5, 5.41) is 6.04. The molecule has 0 aliphatic heterocycles. The second kappa shape index (κ2) is 6.72. The van der Waals surface area contributed by atoms with Crippen LogP contribution in [0.1, 0.15) is 33.6 Å². The topological polar surface area (TPSA) is 58.2 Å². The van der Waals surface area contributed by atoms with E-state index in [0.717, 1.165) is 17.3 Å². The van der Waals surface area contributed by atoms with Crippen LogP contribution >= 0.6 is 27.5 Å². The molecule has 2 aromatic carbocycles. The van der Waals surface area contributed by atoms with Crippen molar-refractivity contribution in [1.29, 1.82) is 0 Å². The van der Waals surface area contributed by atoms with Gasteiger partial charge in [-0.05, 0) is 49.2 Å². The standard InChI is InChI=1S/C17H14BrClN2O2/c18-11-4-7-14(15(19)9-11)17(23)21-13-3-1-2-10(8-13)16(22)20-12-5-6-12/h1-4,7-9,12H,5-6H2,(H,20,22)(H,21,23). The molecule has 0 radical (unpaired) electrons. The SMILES string of the molecule is O=C(NC1CC1)c1cccc(NC(=O)c2ccc(Br)cc2Cl)c1.